The molecule has 0 unspecified atom stereocenters. The maximum absolute atomic E-state index is 12.6. The first kappa shape index (κ1) is 22.2. The Kier molecular flexibility index (Phi) is 10.0. The molecule has 0 heterocycles. The van der Waals surface area contributed by atoms with E-state index in [4.69, 9.17) is 4.74 Å². The molecule has 0 atom stereocenters. The van der Waals surface area contributed by atoms with Crippen LogP contribution < -0.4 is 0 Å². The van der Waals surface area contributed by atoms with Crippen molar-refractivity contribution in [1.82, 2.24) is 0 Å². The zero-order valence-electron chi connectivity index (χ0n) is 16.8. The number of unbranched alkanes of at least 4 members (excludes halogenated alkanes) is 5. The Hall–Kier alpha value is -1.84. The highest BCUT2D eigenvalue weighted by Crippen LogP contribution is 2.24. The fourth-order valence-electron chi connectivity index (χ4n) is 3.08. The van der Waals surface area contributed by atoms with Crippen LogP contribution in [0.25, 0.3) is 0 Å². The minimum absolute atomic E-state index is 0.131. The Morgan fingerprint density at radius 1 is 0.962 bits per heavy atom. The monoisotopic (exact) mass is 362 g/mol. The lowest BCUT2D eigenvalue weighted by Crippen LogP contribution is -2.18. The van der Waals surface area contributed by atoms with Gasteiger partial charge in [-0.2, -0.15) is 0 Å². The summed E-state index contributed by atoms with van der Waals surface area (Å²) in [7, 11) is 0. The van der Waals surface area contributed by atoms with Gasteiger partial charge in [-0.15, -0.1) is 0 Å². The summed E-state index contributed by atoms with van der Waals surface area (Å²) in [4.78, 5) is 24.5. The van der Waals surface area contributed by atoms with Gasteiger partial charge < -0.3 is 9.84 Å². The van der Waals surface area contributed by atoms with Crippen LogP contribution in [0, 0.1) is 5.92 Å². The third-order valence-electron chi connectivity index (χ3n) is 4.52. The van der Waals surface area contributed by atoms with Crippen LogP contribution in [0.3, 0.4) is 0 Å². The van der Waals surface area contributed by atoms with E-state index in [-0.39, 0.29) is 17.0 Å². The fraction of sp³-hybridized carbons (Fsp3) is 0.636. The lowest BCUT2D eigenvalue weighted by molar-refractivity contribution is 0.0448. The number of carbonyl (C=O) groups is 2. The number of ether oxygens (including phenoxy) is 1. The molecule has 26 heavy (non-hydrogen) atoms. The fourth-order valence-corrected chi connectivity index (χ4v) is 3.08. The van der Waals surface area contributed by atoms with E-state index < -0.39 is 11.9 Å². The van der Waals surface area contributed by atoms with E-state index in [2.05, 4.69) is 6.92 Å². The highest BCUT2D eigenvalue weighted by molar-refractivity contribution is 6.04. The van der Waals surface area contributed by atoms with Crippen LogP contribution in [0.2, 0.25) is 0 Å². The number of hydrogen-bond donors (Lipinski definition) is 1. The van der Waals surface area contributed by atoms with Gasteiger partial charge in [0.1, 0.15) is 0 Å². The molecule has 0 aliphatic heterocycles. The summed E-state index contributed by atoms with van der Waals surface area (Å²) in [6.45, 7) is 8.33. The number of carboxylic acids is 1. The molecule has 0 saturated carbocycles. The first-order valence-corrected chi connectivity index (χ1v) is 9.97. The molecule has 146 valence electrons. The number of carbonyl (C=O) groups excluding carboxylic acids is 1. The number of rotatable bonds is 12. The Morgan fingerprint density at radius 2 is 1.58 bits per heavy atom. The van der Waals surface area contributed by atoms with Gasteiger partial charge in [-0.1, -0.05) is 71.9 Å². The number of hydrogen-bond acceptors (Lipinski definition) is 3. The summed E-state index contributed by atoms with van der Waals surface area (Å²) >= 11 is 0. The van der Waals surface area contributed by atoms with E-state index in [1.807, 2.05) is 32.9 Å². The molecule has 1 aromatic rings. The van der Waals surface area contributed by atoms with Crippen molar-refractivity contribution in [2.75, 3.05) is 6.61 Å². The predicted octanol–water partition coefficient (Wildman–Crippen LogP) is 5.66. The molecule has 1 aromatic carbocycles. The topological polar surface area (TPSA) is 63.6 Å². The van der Waals surface area contributed by atoms with Crippen molar-refractivity contribution in [3.63, 3.8) is 0 Å². The third-order valence-corrected chi connectivity index (χ3v) is 4.52. The average molecular weight is 363 g/mol. The van der Waals surface area contributed by atoms with E-state index in [1.165, 1.54) is 25.7 Å². The van der Waals surface area contributed by atoms with Crippen LogP contribution in [0.5, 0.6) is 0 Å². The summed E-state index contributed by atoms with van der Waals surface area (Å²) in [5, 5.41) is 9.76. The van der Waals surface area contributed by atoms with Crippen LogP contribution in [-0.2, 0) is 17.6 Å². The second kappa shape index (κ2) is 11.7. The van der Waals surface area contributed by atoms with Crippen molar-refractivity contribution in [1.29, 1.82) is 0 Å². The number of carboxylic acid groups (broad SMARTS) is 1. The number of esters is 1. The maximum Gasteiger partial charge on any atom is 0.339 e. The summed E-state index contributed by atoms with van der Waals surface area (Å²) in [6.07, 6.45) is 8.17. The predicted molar refractivity (Wildman–Crippen MR) is 105 cm³/mol. The van der Waals surface area contributed by atoms with E-state index in [9.17, 15) is 14.7 Å². The first-order chi connectivity index (χ1) is 12.4. The number of aromatic carboxylic acids is 1. The Bertz CT molecular complexity index is 590. The van der Waals surface area contributed by atoms with E-state index in [1.54, 1.807) is 0 Å². The summed E-state index contributed by atoms with van der Waals surface area (Å²) in [5.41, 5.74) is 1.85. The normalized spacial score (nSPS) is 11.0. The highest BCUT2D eigenvalue weighted by Gasteiger charge is 2.24. The lowest BCUT2D eigenvalue weighted by atomic mass is 9.91. The van der Waals surface area contributed by atoms with Crippen LogP contribution in [0.4, 0.5) is 0 Å². The molecule has 0 spiro atoms. The first-order valence-electron chi connectivity index (χ1n) is 9.97. The summed E-state index contributed by atoms with van der Waals surface area (Å²) in [5.74, 6) is -1.35. The largest absolute Gasteiger partial charge is 0.478 e. The molecule has 0 bridgehead atoms. The molecular weight excluding hydrogens is 328 g/mol. The van der Waals surface area contributed by atoms with Crippen molar-refractivity contribution in [3.05, 3.63) is 34.4 Å². The zero-order chi connectivity index (χ0) is 19.5. The van der Waals surface area contributed by atoms with Gasteiger partial charge in [-0.25, -0.2) is 9.59 Å². The molecular formula is C22H34O4. The van der Waals surface area contributed by atoms with Gasteiger partial charge >= 0.3 is 11.9 Å². The third kappa shape index (κ3) is 6.81. The van der Waals surface area contributed by atoms with Crippen LogP contribution in [0.1, 0.15) is 98.1 Å². The summed E-state index contributed by atoms with van der Waals surface area (Å²) in [6, 6.07) is 3.75. The number of benzene rings is 1. The highest BCUT2D eigenvalue weighted by atomic mass is 16.5. The van der Waals surface area contributed by atoms with Gasteiger partial charge in [-0.3, -0.25) is 0 Å². The Balaban J connectivity index is 2.99. The molecule has 0 aromatic heterocycles. The lowest BCUT2D eigenvalue weighted by Gasteiger charge is -2.16. The number of aryl methyl sites for hydroxylation is 2. The van der Waals surface area contributed by atoms with E-state index >= 15 is 0 Å². The molecule has 1 rings (SSSR count). The van der Waals surface area contributed by atoms with Crippen molar-refractivity contribution >= 4 is 11.9 Å². The van der Waals surface area contributed by atoms with Crippen LogP contribution in [0.15, 0.2) is 12.1 Å². The Labute approximate surface area is 158 Å². The Morgan fingerprint density at radius 3 is 2.15 bits per heavy atom. The minimum Gasteiger partial charge on any atom is -0.478 e. The SMILES string of the molecule is CCCCCCCCc1ccc(CC)c(C(=O)OCC(C)C)c1C(=O)O. The molecule has 0 amide bonds. The molecule has 0 saturated heterocycles. The average Bonchev–Trinajstić information content (AvgIpc) is 2.61. The second-order valence-electron chi connectivity index (χ2n) is 7.30. The van der Waals surface area contributed by atoms with Gasteiger partial charge in [-0.05, 0) is 36.3 Å². The van der Waals surface area contributed by atoms with Crippen molar-refractivity contribution in [2.45, 2.75) is 79.1 Å². The molecule has 4 nitrogen and oxygen atoms in total. The van der Waals surface area contributed by atoms with Gasteiger partial charge in [0.15, 0.2) is 0 Å². The maximum atomic E-state index is 12.6. The molecule has 1 N–H and O–H groups in total. The standard InChI is InChI=1S/C22H34O4/c1-5-7-8-9-10-11-12-18-14-13-17(6-2)20(19(18)21(23)24)22(25)26-15-16(3)4/h13-14,16H,5-12,15H2,1-4H3,(H,23,24). The molecule has 0 aliphatic carbocycles. The molecule has 0 fully saturated rings. The molecule has 4 heteroatoms. The smallest absolute Gasteiger partial charge is 0.339 e. The van der Waals surface area contributed by atoms with Gasteiger partial charge in [0.25, 0.3) is 0 Å². The van der Waals surface area contributed by atoms with Crippen LogP contribution in [-0.4, -0.2) is 23.7 Å². The van der Waals surface area contributed by atoms with E-state index in [0.717, 1.165) is 24.0 Å². The zero-order valence-corrected chi connectivity index (χ0v) is 16.8. The summed E-state index contributed by atoms with van der Waals surface area (Å²) < 4.78 is 5.35. The quantitative estimate of drug-likeness (QED) is 0.385. The van der Waals surface area contributed by atoms with Crippen LogP contribution >= 0.6 is 0 Å². The van der Waals surface area contributed by atoms with E-state index in [0.29, 0.717) is 19.4 Å². The molecule has 0 aliphatic rings. The van der Waals surface area contributed by atoms with Crippen molar-refractivity contribution < 1.29 is 19.4 Å². The van der Waals surface area contributed by atoms with Crippen molar-refractivity contribution in [2.24, 2.45) is 5.92 Å². The van der Waals surface area contributed by atoms with Crippen molar-refractivity contribution in [3.8, 4) is 0 Å². The minimum atomic E-state index is -1.04. The van der Waals surface area contributed by atoms with Gasteiger partial charge in [0.2, 0.25) is 0 Å². The molecule has 0 radical (unpaired) electrons. The van der Waals surface area contributed by atoms with Gasteiger partial charge in [0.05, 0.1) is 17.7 Å². The van der Waals surface area contributed by atoms with Gasteiger partial charge in [0, 0.05) is 0 Å². The second-order valence-corrected chi connectivity index (χ2v) is 7.30.